The van der Waals surface area contributed by atoms with Crippen LogP contribution in [0.25, 0.3) is 0 Å². The van der Waals surface area contributed by atoms with Gasteiger partial charge < -0.3 is 5.32 Å². The molecule has 112 valence electrons. The fraction of sp³-hybridized carbons (Fsp3) is 0.364. The topological polar surface area (TPSA) is 29.1 Å². The first-order valence-corrected chi connectivity index (χ1v) is 5.10. The van der Waals surface area contributed by atoms with Gasteiger partial charge in [0.05, 0.1) is 5.69 Å². The molecule has 0 atom stereocenters. The molecule has 0 aliphatic heterocycles. The molecule has 1 amide bonds. The van der Waals surface area contributed by atoms with Crippen molar-refractivity contribution >= 4 is 11.6 Å². The van der Waals surface area contributed by atoms with Gasteiger partial charge in [-0.2, -0.15) is 26.3 Å². The molecular weight excluding hydrogens is 295 g/mol. The van der Waals surface area contributed by atoms with Crippen LogP contribution in [0.3, 0.4) is 0 Å². The summed E-state index contributed by atoms with van der Waals surface area (Å²) in [5, 5.41) is 1.31. The predicted molar refractivity (Wildman–Crippen MR) is 55.2 cm³/mol. The molecule has 1 rings (SSSR count). The van der Waals surface area contributed by atoms with Crippen LogP contribution >= 0.6 is 0 Å². The van der Waals surface area contributed by atoms with Gasteiger partial charge in [0.25, 0.3) is 0 Å². The summed E-state index contributed by atoms with van der Waals surface area (Å²) >= 11 is 0. The SMILES string of the molecule is CC(C(=O)Nc1ccccc1F)(C(F)(F)F)C(F)(F)F. The first-order valence-electron chi connectivity index (χ1n) is 5.10. The van der Waals surface area contributed by atoms with Crippen LogP contribution in [0.2, 0.25) is 0 Å². The van der Waals surface area contributed by atoms with Crippen LogP contribution in [-0.4, -0.2) is 18.3 Å². The van der Waals surface area contributed by atoms with Crippen LogP contribution in [0.5, 0.6) is 0 Å². The number of nitrogens with one attached hydrogen (secondary N) is 1. The normalized spacial score (nSPS) is 13.2. The van der Waals surface area contributed by atoms with Crippen molar-refractivity contribution in [3.63, 3.8) is 0 Å². The van der Waals surface area contributed by atoms with Gasteiger partial charge >= 0.3 is 12.4 Å². The zero-order valence-corrected chi connectivity index (χ0v) is 9.86. The standard InChI is InChI=1S/C11H8F7NO/c1-9(10(13,14)15,11(16,17)18)8(20)19-7-5-3-2-4-6(7)12/h2-5H,1H3,(H,19,20). The van der Waals surface area contributed by atoms with Crippen LogP contribution in [0.4, 0.5) is 36.4 Å². The van der Waals surface area contributed by atoms with Crippen LogP contribution in [-0.2, 0) is 4.79 Å². The summed E-state index contributed by atoms with van der Waals surface area (Å²) in [6.07, 6.45) is -11.7. The van der Waals surface area contributed by atoms with Crippen molar-refractivity contribution in [1.82, 2.24) is 0 Å². The fourth-order valence-electron chi connectivity index (χ4n) is 1.23. The van der Waals surface area contributed by atoms with Crippen LogP contribution < -0.4 is 5.32 Å². The molecule has 0 unspecified atom stereocenters. The lowest BCUT2D eigenvalue weighted by Gasteiger charge is -2.32. The second kappa shape index (κ2) is 4.95. The Kier molecular flexibility index (Phi) is 4.02. The Morgan fingerprint density at radius 3 is 1.85 bits per heavy atom. The molecule has 20 heavy (non-hydrogen) atoms. The number of para-hydroxylation sites is 1. The third-order valence-corrected chi connectivity index (χ3v) is 2.71. The average molecular weight is 303 g/mol. The van der Waals surface area contributed by atoms with Crippen molar-refractivity contribution in [2.24, 2.45) is 5.41 Å². The van der Waals surface area contributed by atoms with Gasteiger partial charge in [0, 0.05) is 0 Å². The highest BCUT2D eigenvalue weighted by atomic mass is 19.4. The second-order valence-corrected chi connectivity index (χ2v) is 4.05. The molecule has 1 aromatic rings. The molecule has 0 bridgehead atoms. The molecule has 0 spiro atoms. The van der Waals surface area contributed by atoms with E-state index in [1.165, 1.54) is 5.32 Å². The van der Waals surface area contributed by atoms with Gasteiger partial charge in [0.15, 0.2) is 0 Å². The van der Waals surface area contributed by atoms with E-state index in [1.54, 1.807) is 0 Å². The van der Waals surface area contributed by atoms with Gasteiger partial charge in [0.2, 0.25) is 11.3 Å². The number of rotatable bonds is 2. The van der Waals surface area contributed by atoms with Gasteiger partial charge in [0.1, 0.15) is 5.82 Å². The van der Waals surface area contributed by atoms with Gasteiger partial charge in [-0.05, 0) is 19.1 Å². The van der Waals surface area contributed by atoms with Crippen molar-refractivity contribution in [1.29, 1.82) is 0 Å². The number of hydrogen-bond donors (Lipinski definition) is 1. The Bertz CT molecular complexity index is 492. The lowest BCUT2D eigenvalue weighted by Crippen LogP contribution is -2.55. The molecule has 0 aliphatic carbocycles. The highest BCUT2D eigenvalue weighted by Crippen LogP contribution is 2.50. The average Bonchev–Trinajstić information content (AvgIpc) is 2.28. The number of benzene rings is 1. The third kappa shape index (κ3) is 2.70. The van der Waals surface area contributed by atoms with Gasteiger partial charge in [-0.1, -0.05) is 12.1 Å². The smallest absolute Gasteiger partial charge is 0.323 e. The van der Waals surface area contributed by atoms with Gasteiger partial charge in [-0.15, -0.1) is 0 Å². The molecule has 0 heterocycles. The second-order valence-electron chi connectivity index (χ2n) is 4.05. The van der Waals surface area contributed by atoms with Crippen LogP contribution in [0, 0.1) is 11.2 Å². The highest BCUT2D eigenvalue weighted by Gasteiger charge is 2.72. The summed E-state index contributed by atoms with van der Waals surface area (Å²) in [7, 11) is 0. The molecule has 0 saturated heterocycles. The van der Waals surface area contributed by atoms with E-state index in [0.29, 0.717) is 0 Å². The summed E-state index contributed by atoms with van der Waals surface area (Å²) in [4.78, 5) is 11.4. The minimum absolute atomic E-state index is 0.302. The summed E-state index contributed by atoms with van der Waals surface area (Å²) in [6.45, 7) is -0.302. The Morgan fingerprint density at radius 2 is 1.45 bits per heavy atom. The van der Waals surface area contributed by atoms with E-state index in [1.807, 2.05) is 0 Å². The summed E-state index contributed by atoms with van der Waals surface area (Å²) in [5.74, 6) is -3.55. The number of alkyl halides is 6. The van der Waals surface area contributed by atoms with Gasteiger partial charge in [-0.3, -0.25) is 4.79 Å². The summed E-state index contributed by atoms with van der Waals surface area (Å²) in [6, 6.07) is 3.95. The number of amides is 1. The molecule has 0 fully saturated rings. The maximum atomic E-state index is 13.2. The van der Waals surface area contributed by atoms with Crippen LogP contribution in [0.1, 0.15) is 6.92 Å². The van der Waals surface area contributed by atoms with E-state index in [-0.39, 0.29) is 6.92 Å². The maximum absolute atomic E-state index is 13.2. The molecule has 2 nitrogen and oxygen atoms in total. The molecule has 0 saturated carbocycles. The first kappa shape index (κ1) is 16.3. The molecule has 1 N–H and O–H groups in total. The molecule has 9 heteroatoms. The van der Waals surface area contributed by atoms with Crippen molar-refractivity contribution in [2.75, 3.05) is 5.32 Å². The Labute approximate surface area is 108 Å². The quantitative estimate of drug-likeness (QED) is 0.825. The molecule has 0 radical (unpaired) electrons. The lowest BCUT2D eigenvalue weighted by atomic mass is 9.87. The van der Waals surface area contributed by atoms with E-state index >= 15 is 0 Å². The van der Waals surface area contributed by atoms with Gasteiger partial charge in [-0.25, -0.2) is 4.39 Å². The first-order chi connectivity index (χ1) is 8.91. The number of halogens is 7. The summed E-state index contributed by atoms with van der Waals surface area (Å²) in [5.41, 5.74) is -5.40. The number of hydrogen-bond acceptors (Lipinski definition) is 1. The minimum Gasteiger partial charge on any atom is -0.323 e. The van der Waals surface area contributed by atoms with Crippen LogP contribution in [0.15, 0.2) is 24.3 Å². The van der Waals surface area contributed by atoms with E-state index in [0.717, 1.165) is 24.3 Å². The van der Waals surface area contributed by atoms with E-state index in [2.05, 4.69) is 0 Å². The number of carbonyl (C=O) groups excluding carboxylic acids is 1. The van der Waals surface area contributed by atoms with E-state index in [9.17, 15) is 35.5 Å². The third-order valence-electron chi connectivity index (χ3n) is 2.71. The maximum Gasteiger partial charge on any atom is 0.411 e. The largest absolute Gasteiger partial charge is 0.411 e. The molecule has 0 aliphatic rings. The Hall–Kier alpha value is -1.80. The minimum atomic E-state index is -5.87. The molecule has 0 aromatic heterocycles. The van der Waals surface area contributed by atoms with Crippen molar-refractivity contribution in [2.45, 2.75) is 19.3 Å². The van der Waals surface area contributed by atoms with E-state index < -0.39 is 35.2 Å². The predicted octanol–water partition coefficient (Wildman–Crippen LogP) is 3.90. The van der Waals surface area contributed by atoms with Crippen molar-refractivity contribution < 1.29 is 35.5 Å². The Morgan fingerprint density at radius 1 is 1.00 bits per heavy atom. The highest BCUT2D eigenvalue weighted by molar-refractivity contribution is 5.96. The lowest BCUT2D eigenvalue weighted by molar-refractivity contribution is -0.317. The van der Waals surface area contributed by atoms with Crippen molar-refractivity contribution in [3.8, 4) is 0 Å². The zero-order valence-electron chi connectivity index (χ0n) is 9.86. The zero-order chi connectivity index (χ0) is 15.8. The Balaban J connectivity index is 3.19. The fourth-order valence-corrected chi connectivity index (χ4v) is 1.23. The number of carbonyl (C=O) groups is 1. The molecule has 1 aromatic carbocycles. The molecular formula is C11H8F7NO. The summed E-state index contributed by atoms with van der Waals surface area (Å²) < 4.78 is 88.6. The number of anilines is 1. The van der Waals surface area contributed by atoms with E-state index in [4.69, 9.17) is 0 Å². The van der Waals surface area contributed by atoms with Crippen molar-refractivity contribution in [3.05, 3.63) is 30.1 Å². The monoisotopic (exact) mass is 303 g/mol.